The Hall–Kier alpha value is -1.86. The van der Waals surface area contributed by atoms with Crippen molar-refractivity contribution in [2.24, 2.45) is 0 Å². The Bertz CT molecular complexity index is 498. The number of hydrogen-bond acceptors (Lipinski definition) is 3. The molecule has 0 bridgehead atoms. The van der Waals surface area contributed by atoms with Gasteiger partial charge >= 0.3 is 0 Å². The second kappa shape index (κ2) is 7.80. The molecule has 0 radical (unpaired) electrons. The maximum Gasteiger partial charge on any atom is 0.240 e. The molecule has 2 rings (SSSR count). The SMILES string of the molecule is CCCN(Cc1ccc(C#N)cc1)C(=O)[C@H]1CCCCN1. The maximum absolute atomic E-state index is 12.6. The van der Waals surface area contributed by atoms with Crippen molar-refractivity contribution in [3.8, 4) is 6.07 Å². The molecule has 1 aliphatic heterocycles. The van der Waals surface area contributed by atoms with Gasteiger partial charge in [0.1, 0.15) is 0 Å². The summed E-state index contributed by atoms with van der Waals surface area (Å²) in [7, 11) is 0. The van der Waals surface area contributed by atoms with Gasteiger partial charge in [-0.05, 0) is 43.5 Å². The van der Waals surface area contributed by atoms with Gasteiger partial charge < -0.3 is 10.2 Å². The number of rotatable bonds is 5. The summed E-state index contributed by atoms with van der Waals surface area (Å²) in [5.74, 6) is 0.209. The van der Waals surface area contributed by atoms with Gasteiger partial charge in [0.25, 0.3) is 0 Å². The molecule has 0 aromatic heterocycles. The summed E-state index contributed by atoms with van der Waals surface area (Å²) in [6, 6.07) is 9.58. The minimum Gasteiger partial charge on any atom is -0.337 e. The van der Waals surface area contributed by atoms with Crippen LogP contribution < -0.4 is 5.32 Å². The number of nitrogens with one attached hydrogen (secondary N) is 1. The van der Waals surface area contributed by atoms with Gasteiger partial charge in [-0.2, -0.15) is 5.26 Å². The van der Waals surface area contributed by atoms with Crippen LogP contribution in [0.1, 0.15) is 43.7 Å². The fraction of sp³-hybridized carbons (Fsp3) is 0.529. The van der Waals surface area contributed by atoms with E-state index in [9.17, 15) is 4.79 Å². The summed E-state index contributed by atoms with van der Waals surface area (Å²) in [5, 5.41) is 12.2. The zero-order valence-corrected chi connectivity index (χ0v) is 12.6. The first-order valence-corrected chi connectivity index (χ1v) is 7.75. The van der Waals surface area contributed by atoms with Crippen LogP contribution in [-0.2, 0) is 11.3 Å². The second-order valence-electron chi connectivity index (χ2n) is 5.57. The summed E-state index contributed by atoms with van der Waals surface area (Å²) in [6.07, 6.45) is 4.18. The molecule has 0 saturated carbocycles. The van der Waals surface area contributed by atoms with E-state index in [1.54, 1.807) is 0 Å². The number of hydrogen-bond donors (Lipinski definition) is 1. The van der Waals surface area contributed by atoms with Crippen LogP contribution in [0.25, 0.3) is 0 Å². The van der Waals surface area contributed by atoms with Gasteiger partial charge in [-0.25, -0.2) is 0 Å². The van der Waals surface area contributed by atoms with Crippen LogP contribution in [-0.4, -0.2) is 29.9 Å². The Kier molecular flexibility index (Phi) is 5.77. The van der Waals surface area contributed by atoms with Crippen LogP contribution in [0.3, 0.4) is 0 Å². The van der Waals surface area contributed by atoms with Crippen LogP contribution >= 0.6 is 0 Å². The van der Waals surface area contributed by atoms with Gasteiger partial charge in [0.2, 0.25) is 5.91 Å². The van der Waals surface area contributed by atoms with Gasteiger partial charge in [-0.3, -0.25) is 4.79 Å². The van der Waals surface area contributed by atoms with Gasteiger partial charge in [0.15, 0.2) is 0 Å². The molecule has 0 unspecified atom stereocenters. The van der Waals surface area contributed by atoms with Crippen molar-refractivity contribution < 1.29 is 4.79 Å². The molecular formula is C17H23N3O. The van der Waals surface area contributed by atoms with Gasteiger partial charge in [-0.15, -0.1) is 0 Å². The normalized spacial score (nSPS) is 18.0. The van der Waals surface area contributed by atoms with Crippen molar-refractivity contribution >= 4 is 5.91 Å². The molecule has 112 valence electrons. The van der Waals surface area contributed by atoms with Gasteiger partial charge in [-0.1, -0.05) is 25.5 Å². The minimum absolute atomic E-state index is 0.0244. The first-order valence-electron chi connectivity index (χ1n) is 7.75. The van der Waals surface area contributed by atoms with E-state index < -0.39 is 0 Å². The zero-order valence-electron chi connectivity index (χ0n) is 12.6. The summed E-state index contributed by atoms with van der Waals surface area (Å²) in [4.78, 5) is 14.6. The number of nitriles is 1. The van der Waals surface area contributed by atoms with Crippen LogP contribution in [0.2, 0.25) is 0 Å². The first kappa shape index (κ1) is 15.5. The molecule has 1 heterocycles. The Morgan fingerprint density at radius 3 is 2.71 bits per heavy atom. The van der Waals surface area contributed by atoms with E-state index in [-0.39, 0.29) is 11.9 Å². The van der Waals surface area contributed by atoms with Gasteiger partial charge in [0, 0.05) is 13.1 Å². The van der Waals surface area contributed by atoms with E-state index in [1.165, 1.54) is 0 Å². The number of amides is 1. The van der Waals surface area contributed by atoms with Gasteiger partial charge in [0.05, 0.1) is 17.7 Å². The molecule has 0 aliphatic carbocycles. The lowest BCUT2D eigenvalue weighted by molar-refractivity contribution is -0.134. The fourth-order valence-corrected chi connectivity index (χ4v) is 2.73. The molecule has 1 aromatic carbocycles. The third kappa shape index (κ3) is 4.30. The highest BCUT2D eigenvalue weighted by atomic mass is 16.2. The lowest BCUT2D eigenvalue weighted by Gasteiger charge is -2.30. The maximum atomic E-state index is 12.6. The van der Waals surface area contributed by atoms with E-state index in [2.05, 4.69) is 18.3 Å². The monoisotopic (exact) mass is 285 g/mol. The molecule has 1 fully saturated rings. The quantitative estimate of drug-likeness (QED) is 0.904. The standard InChI is InChI=1S/C17H23N3O/c1-2-11-20(17(21)16-5-3-4-10-19-16)13-15-8-6-14(12-18)7-9-15/h6-9,16,19H,2-5,10-11,13H2,1H3/t16-/m1/s1. The van der Waals surface area contributed by atoms with Crippen molar-refractivity contribution in [1.82, 2.24) is 10.2 Å². The van der Waals surface area contributed by atoms with E-state index in [4.69, 9.17) is 5.26 Å². The highest BCUT2D eigenvalue weighted by molar-refractivity contribution is 5.82. The number of carbonyl (C=O) groups is 1. The summed E-state index contributed by atoms with van der Waals surface area (Å²) in [6.45, 7) is 4.42. The average Bonchev–Trinajstić information content (AvgIpc) is 2.55. The van der Waals surface area contributed by atoms with E-state index in [1.807, 2.05) is 29.2 Å². The first-order chi connectivity index (χ1) is 10.2. The predicted octanol–water partition coefficient (Wildman–Crippen LogP) is 2.44. The molecule has 0 spiro atoms. The molecule has 1 aromatic rings. The van der Waals surface area contributed by atoms with Crippen molar-refractivity contribution in [2.45, 2.75) is 45.2 Å². The Labute approximate surface area is 126 Å². The third-order valence-corrected chi connectivity index (χ3v) is 3.87. The minimum atomic E-state index is -0.0244. The average molecular weight is 285 g/mol. The molecular weight excluding hydrogens is 262 g/mol. The largest absolute Gasteiger partial charge is 0.337 e. The highest BCUT2D eigenvalue weighted by Gasteiger charge is 2.25. The summed E-state index contributed by atoms with van der Waals surface area (Å²) >= 11 is 0. The van der Waals surface area contributed by atoms with E-state index in [0.717, 1.165) is 44.3 Å². The number of nitrogens with zero attached hydrogens (tertiary/aromatic N) is 2. The molecule has 1 aliphatic rings. The molecule has 4 heteroatoms. The van der Waals surface area contributed by atoms with E-state index >= 15 is 0 Å². The van der Waals surface area contributed by atoms with Crippen molar-refractivity contribution in [3.63, 3.8) is 0 Å². The van der Waals surface area contributed by atoms with Crippen LogP contribution in [0.15, 0.2) is 24.3 Å². The summed E-state index contributed by atoms with van der Waals surface area (Å²) < 4.78 is 0. The summed E-state index contributed by atoms with van der Waals surface area (Å²) in [5.41, 5.74) is 1.73. The van der Waals surface area contributed by atoms with E-state index in [0.29, 0.717) is 12.1 Å². The topological polar surface area (TPSA) is 56.1 Å². The lowest BCUT2D eigenvalue weighted by Crippen LogP contribution is -2.48. The Morgan fingerprint density at radius 2 is 2.14 bits per heavy atom. The zero-order chi connectivity index (χ0) is 15.1. The predicted molar refractivity (Wildman–Crippen MR) is 82.5 cm³/mol. The molecule has 21 heavy (non-hydrogen) atoms. The molecule has 4 nitrogen and oxygen atoms in total. The molecule has 1 amide bonds. The second-order valence-corrected chi connectivity index (χ2v) is 5.57. The number of benzene rings is 1. The smallest absolute Gasteiger partial charge is 0.240 e. The van der Waals surface area contributed by atoms with Crippen LogP contribution in [0, 0.1) is 11.3 Å². The third-order valence-electron chi connectivity index (χ3n) is 3.87. The number of piperidine rings is 1. The van der Waals surface area contributed by atoms with Crippen molar-refractivity contribution in [2.75, 3.05) is 13.1 Å². The number of carbonyl (C=O) groups excluding carboxylic acids is 1. The van der Waals surface area contributed by atoms with Crippen LogP contribution in [0.5, 0.6) is 0 Å². The highest BCUT2D eigenvalue weighted by Crippen LogP contribution is 2.13. The molecule has 1 N–H and O–H groups in total. The van der Waals surface area contributed by atoms with Crippen LogP contribution in [0.4, 0.5) is 0 Å². The lowest BCUT2D eigenvalue weighted by atomic mass is 10.0. The molecule has 1 saturated heterocycles. The Balaban J connectivity index is 2.03. The Morgan fingerprint density at radius 1 is 1.38 bits per heavy atom. The van der Waals surface area contributed by atoms with Crippen molar-refractivity contribution in [1.29, 1.82) is 5.26 Å². The molecule has 1 atom stereocenters. The fourth-order valence-electron chi connectivity index (χ4n) is 2.73. The van der Waals surface area contributed by atoms with Crippen molar-refractivity contribution in [3.05, 3.63) is 35.4 Å².